The number of nitrogens with two attached hydrogens (primary N) is 1. The van der Waals surface area contributed by atoms with Crippen molar-refractivity contribution < 1.29 is 13.9 Å². The van der Waals surface area contributed by atoms with E-state index in [1.807, 2.05) is 6.92 Å². The third-order valence-electron chi connectivity index (χ3n) is 4.70. The number of aliphatic imine (C=N–C) groups is 2. The van der Waals surface area contributed by atoms with Gasteiger partial charge in [-0.05, 0) is 36.8 Å². The number of halogens is 1. The third kappa shape index (κ3) is 4.00. The van der Waals surface area contributed by atoms with E-state index in [-0.39, 0.29) is 11.7 Å². The fraction of sp³-hybridized carbons (Fsp3) is 0.300. The number of amidine groups is 1. The Balaban J connectivity index is 1.87. The average Bonchev–Trinajstić information content (AvgIpc) is 2.70. The first-order valence-corrected chi connectivity index (χ1v) is 8.95. The lowest BCUT2D eigenvalue weighted by atomic mass is 9.84. The Labute approximate surface area is 162 Å². The quantitative estimate of drug-likeness (QED) is 0.775. The van der Waals surface area contributed by atoms with Crippen molar-refractivity contribution in [3.8, 4) is 0 Å². The smallest absolute Gasteiger partial charge is 0.282 e. The highest BCUT2D eigenvalue weighted by Gasteiger charge is 2.36. The number of hydrogen-bond acceptors (Lipinski definition) is 6. The number of anilines is 1. The maximum Gasteiger partial charge on any atom is 0.282 e. The van der Waals surface area contributed by atoms with Crippen LogP contribution in [0.5, 0.6) is 0 Å². The Kier molecular flexibility index (Phi) is 5.67. The molecule has 0 bridgehead atoms. The van der Waals surface area contributed by atoms with Gasteiger partial charge in [0.15, 0.2) is 0 Å². The number of amides is 1. The predicted octanol–water partition coefficient (Wildman–Crippen LogP) is 2.86. The second-order valence-corrected chi connectivity index (χ2v) is 6.45. The number of carbonyl (C=O) groups excluding carboxylic acids is 1. The number of pyridine rings is 1. The van der Waals surface area contributed by atoms with Crippen LogP contribution in [-0.4, -0.2) is 36.8 Å². The Morgan fingerprint density at radius 2 is 2.25 bits per heavy atom. The Morgan fingerprint density at radius 1 is 1.43 bits per heavy atom. The second kappa shape index (κ2) is 8.16. The number of benzene rings is 1. The van der Waals surface area contributed by atoms with E-state index in [2.05, 4.69) is 20.3 Å². The summed E-state index contributed by atoms with van der Waals surface area (Å²) in [7, 11) is 1.66. The van der Waals surface area contributed by atoms with Gasteiger partial charge in [-0.15, -0.1) is 0 Å². The maximum absolute atomic E-state index is 14.6. The lowest BCUT2D eigenvalue weighted by molar-refractivity contribution is 0.102. The van der Waals surface area contributed by atoms with Crippen LogP contribution in [0.25, 0.3) is 0 Å². The van der Waals surface area contributed by atoms with E-state index in [1.54, 1.807) is 37.7 Å². The number of ether oxygens (including phenoxy) is 1. The van der Waals surface area contributed by atoms with E-state index in [1.165, 1.54) is 12.1 Å². The maximum atomic E-state index is 14.6. The fourth-order valence-electron chi connectivity index (χ4n) is 3.18. The zero-order valence-electron chi connectivity index (χ0n) is 15.8. The highest BCUT2D eigenvalue weighted by atomic mass is 19.1. The fourth-order valence-corrected chi connectivity index (χ4v) is 3.18. The first-order chi connectivity index (χ1) is 13.5. The first kappa shape index (κ1) is 19.5. The predicted molar refractivity (Wildman–Crippen MR) is 106 cm³/mol. The molecule has 2 heterocycles. The molecule has 0 fully saturated rings. The van der Waals surface area contributed by atoms with E-state index >= 15 is 0 Å². The zero-order chi connectivity index (χ0) is 20.1. The molecule has 1 unspecified atom stereocenters. The molecule has 3 N–H and O–H groups in total. The number of nitrogens with one attached hydrogen (secondary N) is 1. The van der Waals surface area contributed by atoms with E-state index in [4.69, 9.17) is 10.5 Å². The molecule has 1 atom stereocenters. The van der Waals surface area contributed by atoms with Gasteiger partial charge in [0.05, 0.1) is 12.1 Å². The third-order valence-corrected chi connectivity index (χ3v) is 4.70. The molecule has 0 saturated heterocycles. The Morgan fingerprint density at radius 3 is 2.89 bits per heavy atom. The first-order valence-electron chi connectivity index (χ1n) is 8.95. The highest BCUT2D eigenvalue weighted by molar-refractivity contribution is 6.03. The summed E-state index contributed by atoms with van der Waals surface area (Å²) in [6, 6.07) is 7.81. The molecule has 2 aromatic rings. The SMILES string of the molecule is CCC1(c2cc(NC(=O)c3ccc(C=NC)cn3)ccc2F)CCOC(N)=N1. The van der Waals surface area contributed by atoms with Crippen molar-refractivity contribution in [1.82, 2.24) is 4.98 Å². The standard InChI is InChI=1S/C20H22FN5O2/c1-3-20(8-9-28-19(22)26-20)15-10-14(5-6-16(15)21)25-18(27)17-7-4-13(11-23-2)12-24-17/h4-7,10-12H,3,8-9H2,1-2H3,(H2,22,26)(H,25,27). The molecule has 146 valence electrons. The van der Waals surface area contributed by atoms with Gasteiger partial charge >= 0.3 is 0 Å². The summed E-state index contributed by atoms with van der Waals surface area (Å²) in [6.07, 6.45) is 4.25. The lowest BCUT2D eigenvalue weighted by Gasteiger charge is -2.33. The second-order valence-electron chi connectivity index (χ2n) is 6.45. The van der Waals surface area contributed by atoms with Crippen LogP contribution in [0.4, 0.5) is 10.1 Å². The minimum absolute atomic E-state index is 0.0434. The van der Waals surface area contributed by atoms with Crippen LogP contribution in [0.15, 0.2) is 46.5 Å². The number of carbonyl (C=O) groups is 1. The van der Waals surface area contributed by atoms with Crippen LogP contribution in [0.1, 0.15) is 41.4 Å². The summed E-state index contributed by atoms with van der Waals surface area (Å²) in [5, 5.41) is 2.76. The van der Waals surface area contributed by atoms with E-state index < -0.39 is 17.3 Å². The van der Waals surface area contributed by atoms with Crippen molar-refractivity contribution in [3.05, 3.63) is 59.2 Å². The van der Waals surface area contributed by atoms with Gasteiger partial charge in [-0.3, -0.25) is 14.8 Å². The van der Waals surface area contributed by atoms with Gasteiger partial charge in [-0.1, -0.05) is 6.92 Å². The number of rotatable bonds is 5. The molecule has 8 heteroatoms. The molecule has 7 nitrogen and oxygen atoms in total. The van der Waals surface area contributed by atoms with Crippen LogP contribution < -0.4 is 11.1 Å². The van der Waals surface area contributed by atoms with Gasteiger partial charge in [-0.25, -0.2) is 9.38 Å². The van der Waals surface area contributed by atoms with Crippen LogP contribution in [0.2, 0.25) is 0 Å². The monoisotopic (exact) mass is 383 g/mol. The molecule has 28 heavy (non-hydrogen) atoms. The van der Waals surface area contributed by atoms with Gasteiger partial charge in [0.25, 0.3) is 11.9 Å². The van der Waals surface area contributed by atoms with Crippen LogP contribution in [0.3, 0.4) is 0 Å². The van der Waals surface area contributed by atoms with Crippen molar-refractivity contribution in [2.45, 2.75) is 25.3 Å². The molecule has 0 radical (unpaired) electrons. The van der Waals surface area contributed by atoms with Crippen molar-refractivity contribution in [2.24, 2.45) is 15.7 Å². The largest absolute Gasteiger partial charge is 0.465 e. The molecule has 1 aromatic heterocycles. The summed E-state index contributed by atoms with van der Waals surface area (Å²) in [5.74, 6) is -0.794. The average molecular weight is 383 g/mol. The summed E-state index contributed by atoms with van der Waals surface area (Å²) in [6.45, 7) is 2.27. The van der Waals surface area contributed by atoms with E-state index in [9.17, 15) is 9.18 Å². The van der Waals surface area contributed by atoms with E-state index in [0.717, 1.165) is 5.56 Å². The minimum atomic E-state index is -0.813. The lowest BCUT2D eigenvalue weighted by Crippen LogP contribution is -2.36. The Hall–Kier alpha value is -3.29. The topological polar surface area (TPSA) is 102 Å². The summed E-state index contributed by atoms with van der Waals surface area (Å²) < 4.78 is 19.8. The minimum Gasteiger partial charge on any atom is -0.465 e. The van der Waals surface area contributed by atoms with Gasteiger partial charge in [0, 0.05) is 42.7 Å². The highest BCUT2D eigenvalue weighted by Crippen LogP contribution is 2.38. The van der Waals surface area contributed by atoms with Gasteiger partial charge < -0.3 is 15.8 Å². The van der Waals surface area contributed by atoms with Crippen molar-refractivity contribution in [3.63, 3.8) is 0 Å². The van der Waals surface area contributed by atoms with Crippen LogP contribution in [0, 0.1) is 5.82 Å². The molecule has 3 rings (SSSR count). The van der Waals surface area contributed by atoms with Crippen molar-refractivity contribution in [1.29, 1.82) is 0 Å². The molecular weight excluding hydrogens is 361 g/mol. The number of hydrogen-bond donors (Lipinski definition) is 2. The Bertz CT molecular complexity index is 927. The van der Waals surface area contributed by atoms with Crippen molar-refractivity contribution >= 4 is 23.8 Å². The molecule has 0 spiro atoms. The summed E-state index contributed by atoms with van der Waals surface area (Å²) in [5.41, 5.74) is 6.78. The molecule has 1 aromatic carbocycles. The van der Waals surface area contributed by atoms with Crippen LogP contribution >= 0.6 is 0 Å². The number of aromatic nitrogens is 1. The zero-order valence-corrected chi connectivity index (χ0v) is 15.8. The van der Waals surface area contributed by atoms with Gasteiger partial charge in [0.1, 0.15) is 11.5 Å². The number of nitrogens with zero attached hydrogens (tertiary/aromatic N) is 3. The van der Waals surface area contributed by atoms with E-state index in [0.29, 0.717) is 30.7 Å². The van der Waals surface area contributed by atoms with Crippen LogP contribution in [-0.2, 0) is 10.3 Å². The molecular formula is C20H22FN5O2. The molecule has 0 saturated carbocycles. The molecule has 1 aliphatic rings. The summed E-state index contributed by atoms with van der Waals surface area (Å²) >= 11 is 0. The molecule has 1 aliphatic heterocycles. The summed E-state index contributed by atoms with van der Waals surface area (Å²) in [4.78, 5) is 24.9. The van der Waals surface area contributed by atoms with Crippen molar-refractivity contribution in [2.75, 3.05) is 19.0 Å². The van der Waals surface area contributed by atoms with Gasteiger partial charge in [0.2, 0.25) is 0 Å². The molecule has 1 amide bonds. The van der Waals surface area contributed by atoms with Gasteiger partial charge in [-0.2, -0.15) is 0 Å². The normalized spacial score (nSPS) is 19.2. The molecule has 0 aliphatic carbocycles.